The first kappa shape index (κ1) is 16.0. The van der Waals surface area contributed by atoms with Crippen molar-refractivity contribution in [2.45, 2.75) is 25.0 Å². The lowest BCUT2D eigenvalue weighted by Crippen LogP contribution is -2.44. The quantitative estimate of drug-likeness (QED) is 0.692. The molecule has 8 nitrogen and oxygen atoms in total. The van der Waals surface area contributed by atoms with Crippen molar-refractivity contribution in [3.63, 3.8) is 0 Å². The van der Waals surface area contributed by atoms with Gasteiger partial charge in [0.2, 0.25) is 11.8 Å². The maximum Gasteiger partial charge on any atom is 0.251 e. The van der Waals surface area contributed by atoms with Gasteiger partial charge >= 0.3 is 0 Å². The van der Waals surface area contributed by atoms with Gasteiger partial charge < -0.3 is 19.9 Å². The molecule has 2 saturated heterocycles. The number of nitrogens with zero attached hydrogens (tertiary/aromatic N) is 2. The predicted molar refractivity (Wildman–Crippen MR) is 87.7 cm³/mol. The van der Waals surface area contributed by atoms with E-state index in [1.165, 1.54) is 6.07 Å². The topological polar surface area (TPSA) is 104 Å². The molecule has 1 aromatic rings. The van der Waals surface area contributed by atoms with Crippen LogP contribution >= 0.6 is 0 Å². The molecule has 1 aromatic heterocycles. The summed E-state index contributed by atoms with van der Waals surface area (Å²) in [6.45, 7) is 2.57. The highest BCUT2D eigenvalue weighted by molar-refractivity contribution is 5.92. The van der Waals surface area contributed by atoms with E-state index in [4.69, 9.17) is 4.74 Å². The molecule has 2 amide bonds. The van der Waals surface area contributed by atoms with E-state index in [0.717, 1.165) is 0 Å². The molecule has 4 atom stereocenters. The normalized spacial score (nSPS) is 32.3. The lowest BCUT2D eigenvalue weighted by Gasteiger charge is -2.23. The number of likely N-dealkylation sites (N-methyl/N-ethyl adjacent to an activating group) is 1. The zero-order valence-electron chi connectivity index (χ0n) is 14.1. The van der Waals surface area contributed by atoms with Gasteiger partial charge in [0.15, 0.2) is 0 Å². The number of amides is 2. The Labute approximate surface area is 144 Å². The molecule has 3 aliphatic heterocycles. The van der Waals surface area contributed by atoms with E-state index in [1.807, 2.05) is 12.2 Å². The highest BCUT2D eigenvalue weighted by Gasteiger charge is 2.66. The Morgan fingerprint density at radius 2 is 2.32 bits per heavy atom. The highest BCUT2D eigenvalue weighted by atomic mass is 16.5. The number of aryl methyl sites for hydroxylation is 1. The molecular weight excluding hydrogens is 324 g/mol. The number of fused-ring (bicyclic) bond motifs is 1. The summed E-state index contributed by atoms with van der Waals surface area (Å²) in [5, 5.41) is 2.86. The van der Waals surface area contributed by atoms with Crippen molar-refractivity contribution in [3.05, 3.63) is 40.1 Å². The molecule has 3 aliphatic rings. The minimum Gasteiger partial charge on any atom is -0.360 e. The van der Waals surface area contributed by atoms with Gasteiger partial charge in [-0.1, -0.05) is 12.2 Å². The third-order valence-corrected chi connectivity index (χ3v) is 5.17. The second kappa shape index (κ2) is 5.52. The van der Waals surface area contributed by atoms with E-state index in [-0.39, 0.29) is 23.5 Å². The maximum absolute atomic E-state index is 12.7. The number of carbonyl (C=O) groups excluding carboxylic acids is 2. The third kappa shape index (κ3) is 2.48. The van der Waals surface area contributed by atoms with Gasteiger partial charge in [-0.25, -0.2) is 4.98 Å². The summed E-state index contributed by atoms with van der Waals surface area (Å²) in [5.41, 5.74) is -0.220. The third-order valence-electron chi connectivity index (χ3n) is 5.17. The molecule has 4 heterocycles. The summed E-state index contributed by atoms with van der Waals surface area (Å²) in [5.74, 6) is -0.671. The van der Waals surface area contributed by atoms with Gasteiger partial charge in [0.25, 0.3) is 5.56 Å². The number of aromatic amines is 1. The van der Waals surface area contributed by atoms with Gasteiger partial charge in [0.1, 0.15) is 11.4 Å². The molecule has 2 N–H and O–H groups in total. The second-order valence-electron chi connectivity index (χ2n) is 6.97. The Balaban J connectivity index is 1.43. The van der Waals surface area contributed by atoms with E-state index >= 15 is 0 Å². The summed E-state index contributed by atoms with van der Waals surface area (Å²) in [7, 11) is 1.73. The van der Waals surface area contributed by atoms with Gasteiger partial charge in [-0.3, -0.25) is 14.4 Å². The Morgan fingerprint density at radius 1 is 1.52 bits per heavy atom. The monoisotopic (exact) mass is 344 g/mol. The first-order valence-corrected chi connectivity index (χ1v) is 8.36. The second-order valence-corrected chi connectivity index (χ2v) is 6.97. The lowest BCUT2D eigenvalue weighted by atomic mass is 9.77. The Morgan fingerprint density at radius 3 is 3.08 bits per heavy atom. The smallest absolute Gasteiger partial charge is 0.251 e. The average molecular weight is 344 g/mol. The number of hydrogen-bond acceptors (Lipinski definition) is 5. The summed E-state index contributed by atoms with van der Waals surface area (Å²) >= 11 is 0. The summed E-state index contributed by atoms with van der Waals surface area (Å²) < 4.78 is 5.96. The first-order chi connectivity index (χ1) is 11.9. The number of aromatic nitrogens is 2. The van der Waals surface area contributed by atoms with Crippen LogP contribution < -0.4 is 10.9 Å². The van der Waals surface area contributed by atoms with E-state index in [9.17, 15) is 14.4 Å². The Bertz CT molecular complexity index is 832. The molecule has 25 heavy (non-hydrogen) atoms. The van der Waals surface area contributed by atoms with Crippen LogP contribution in [0.15, 0.2) is 23.0 Å². The summed E-state index contributed by atoms with van der Waals surface area (Å²) in [4.78, 5) is 45.1. The molecular formula is C17H20N4O4. The van der Waals surface area contributed by atoms with Crippen molar-refractivity contribution in [1.82, 2.24) is 20.2 Å². The summed E-state index contributed by atoms with van der Waals surface area (Å²) in [6, 6.07) is 1.42. The van der Waals surface area contributed by atoms with Gasteiger partial charge in [0, 0.05) is 31.8 Å². The van der Waals surface area contributed by atoms with Crippen molar-refractivity contribution in [1.29, 1.82) is 0 Å². The van der Waals surface area contributed by atoms with Crippen LogP contribution in [0.2, 0.25) is 0 Å². The molecule has 4 rings (SSSR count). The van der Waals surface area contributed by atoms with Crippen LogP contribution in [-0.2, 0) is 20.7 Å². The van der Waals surface area contributed by atoms with Crippen molar-refractivity contribution in [2.75, 3.05) is 20.1 Å². The molecule has 1 spiro atoms. The van der Waals surface area contributed by atoms with E-state index in [0.29, 0.717) is 31.0 Å². The zero-order chi connectivity index (χ0) is 17.8. The fourth-order valence-corrected chi connectivity index (χ4v) is 4.17. The Kier molecular flexibility index (Phi) is 3.54. The Hall–Kier alpha value is -2.48. The first-order valence-electron chi connectivity index (χ1n) is 8.36. The molecule has 2 bridgehead atoms. The number of nitrogens with one attached hydrogen (secondary N) is 2. The van der Waals surface area contributed by atoms with Gasteiger partial charge in [-0.05, 0) is 6.92 Å². The number of H-pyrrole nitrogens is 1. The predicted octanol–water partition coefficient (Wildman–Crippen LogP) is -0.851. The van der Waals surface area contributed by atoms with Crippen LogP contribution in [0.5, 0.6) is 0 Å². The molecule has 0 radical (unpaired) electrons. The average Bonchev–Trinajstić information content (AvgIpc) is 3.15. The van der Waals surface area contributed by atoms with Gasteiger partial charge in [-0.15, -0.1) is 0 Å². The van der Waals surface area contributed by atoms with E-state index in [2.05, 4.69) is 15.3 Å². The lowest BCUT2D eigenvalue weighted by molar-refractivity contribution is -0.136. The van der Waals surface area contributed by atoms with Crippen LogP contribution in [0.4, 0.5) is 0 Å². The van der Waals surface area contributed by atoms with E-state index in [1.54, 1.807) is 18.9 Å². The van der Waals surface area contributed by atoms with Crippen LogP contribution in [0.3, 0.4) is 0 Å². The van der Waals surface area contributed by atoms with Gasteiger partial charge in [-0.2, -0.15) is 0 Å². The molecule has 2 fully saturated rings. The number of ether oxygens (including phenoxy) is 1. The van der Waals surface area contributed by atoms with Gasteiger partial charge in [0.05, 0.1) is 24.5 Å². The number of hydrogen-bond donors (Lipinski definition) is 2. The van der Waals surface area contributed by atoms with Crippen molar-refractivity contribution >= 4 is 11.8 Å². The van der Waals surface area contributed by atoms with Crippen LogP contribution in [0, 0.1) is 18.8 Å². The minimum absolute atomic E-state index is 0.0447. The number of rotatable bonds is 4. The van der Waals surface area contributed by atoms with Crippen LogP contribution in [0.1, 0.15) is 11.5 Å². The highest BCUT2D eigenvalue weighted by Crippen LogP contribution is 2.51. The number of likely N-dealkylation sites (tertiary alicyclic amines) is 1. The molecule has 0 saturated carbocycles. The standard InChI is InChI=1S/C17H20N4O4/c1-9-7-12(22)20-11(19-9)4-6-18-15(23)13-10-3-5-17(25-10)8-21(2)16(24)14(13)17/h3,5,7,10,13-14H,4,6,8H2,1-2H3,(H,18,23)(H,19,20,22)/t10-,13-,14+,17-/m0/s1. The molecule has 0 unspecified atom stereocenters. The van der Waals surface area contributed by atoms with Crippen molar-refractivity contribution in [2.24, 2.45) is 11.8 Å². The van der Waals surface area contributed by atoms with Crippen LogP contribution in [-0.4, -0.2) is 58.5 Å². The fourth-order valence-electron chi connectivity index (χ4n) is 4.17. The molecule has 132 valence electrons. The SMILES string of the molecule is Cc1cc(=O)[nH]c(CCNC(=O)[C@H]2[C@@H]3C=C[C@@]4(CN(C)C(=O)[C@@H]24)O3)n1. The fraction of sp³-hybridized carbons (Fsp3) is 0.529. The van der Waals surface area contributed by atoms with Crippen LogP contribution in [0.25, 0.3) is 0 Å². The number of carbonyl (C=O) groups is 2. The molecule has 0 aromatic carbocycles. The molecule has 0 aliphatic carbocycles. The van der Waals surface area contributed by atoms with Crippen molar-refractivity contribution in [3.8, 4) is 0 Å². The molecule has 8 heteroatoms. The minimum atomic E-state index is -0.651. The van der Waals surface area contributed by atoms with Crippen molar-refractivity contribution < 1.29 is 14.3 Å². The van der Waals surface area contributed by atoms with E-state index < -0.39 is 17.4 Å². The largest absolute Gasteiger partial charge is 0.360 e. The zero-order valence-corrected chi connectivity index (χ0v) is 14.1. The summed E-state index contributed by atoms with van der Waals surface area (Å²) in [6.07, 6.45) is 3.88. The maximum atomic E-state index is 12.7.